The Balaban J connectivity index is 1.45. The van der Waals surface area contributed by atoms with Crippen LogP contribution in [0.15, 0.2) is 65.0 Å². The molecule has 0 fully saturated rings. The summed E-state index contributed by atoms with van der Waals surface area (Å²) in [7, 11) is 0. The Morgan fingerprint density at radius 3 is 2.81 bits per heavy atom. The van der Waals surface area contributed by atoms with Crippen LogP contribution in [0.5, 0.6) is 0 Å². The summed E-state index contributed by atoms with van der Waals surface area (Å²) in [6.07, 6.45) is 1.40. The summed E-state index contributed by atoms with van der Waals surface area (Å²) < 4.78 is 15.5. The van der Waals surface area contributed by atoms with E-state index in [1.165, 1.54) is 22.7 Å². The molecule has 1 amide bonds. The molecule has 2 N–H and O–H groups in total. The highest BCUT2D eigenvalue weighted by Gasteiger charge is 2.16. The molecule has 31 heavy (non-hydrogen) atoms. The number of nitrogens with zero attached hydrogens (tertiary/aromatic N) is 3. The molecule has 3 heterocycles. The van der Waals surface area contributed by atoms with Crippen molar-refractivity contribution < 1.29 is 9.18 Å². The predicted octanol–water partition coefficient (Wildman–Crippen LogP) is 3.93. The quantitative estimate of drug-likeness (QED) is 0.449. The van der Waals surface area contributed by atoms with Gasteiger partial charge in [-0.1, -0.05) is 18.2 Å². The maximum absolute atomic E-state index is 13.1. The lowest BCUT2D eigenvalue weighted by molar-refractivity contribution is 0.0935. The second-order valence-electron chi connectivity index (χ2n) is 7.12. The monoisotopic (exact) mass is 433 g/mol. The van der Waals surface area contributed by atoms with Crippen LogP contribution in [0.3, 0.4) is 0 Å². The van der Waals surface area contributed by atoms with Gasteiger partial charge in [0.2, 0.25) is 0 Å². The minimum atomic E-state index is -0.426. The van der Waals surface area contributed by atoms with E-state index in [1.54, 1.807) is 42.0 Å². The highest BCUT2D eigenvalue weighted by atomic mass is 32.1. The molecular formula is C22H16FN5O2S. The fraction of sp³-hybridized carbons (Fsp3) is 0.0909. The van der Waals surface area contributed by atoms with Crippen LogP contribution >= 0.6 is 11.3 Å². The van der Waals surface area contributed by atoms with Gasteiger partial charge in [0.25, 0.3) is 5.91 Å². The Morgan fingerprint density at radius 1 is 1.19 bits per heavy atom. The zero-order valence-corrected chi connectivity index (χ0v) is 17.1. The third kappa shape index (κ3) is 3.59. The first kappa shape index (κ1) is 19.1. The summed E-state index contributed by atoms with van der Waals surface area (Å²) in [4.78, 5) is 36.7. The molecule has 0 aliphatic rings. The third-order valence-corrected chi connectivity index (χ3v) is 5.87. The van der Waals surface area contributed by atoms with Gasteiger partial charge >= 0.3 is 5.69 Å². The lowest BCUT2D eigenvalue weighted by Crippen LogP contribution is -2.27. The van der Waals surface area contributed by atoms with Gasteiger partial charge < -0.3 is 10.3 Å². The number of H-pyrrole nitrogens is 1. The number of carbonyl (C=O) groups excluding carboxylic acids is 1. The zero-order valence-electron chi connectivity index (χ0n) is 16.3. The van der Waals surface area contributed by atoms with Gasteiger partial charge in [0, 0.05) is 17.8 Å². The van der Waals surface area contributed by atoms with Gasteiger partial charge in [-0.05, 0) is 36.8 Å². The standard InChI is InChI=1S/C22H16FN5O2S/c1-12(13-2-5-15(23)6-3-13)25-21(29)18-10-28-20(26-18)9-16(27-22(28)30)14-4-7-19-17(8-14)24-11-31-19/h2-12H,1H3,(H,25,29)(H,27,30). The molecule has 154 valence electrons. The van der Waals surface area contributed by atoms with Crippen molar-refractivity contribution in [2.45, 2.75) is 13.0 Å². The lowest BCUT2D eigenvalue weighted by atomic mass is 10.1. The first-order chi connectivity index (χ1) is 15.0. The topological polar surface area (TPSA) is 92.2 Å². The van der Waals surface area contributed by atoms with Gasteiger partial charge in [-0.2, -0.15) is 0 Å². The van der Waals surface area contributed by atoms with Crippen molar-refractivity contribution in [3.05, 3.63) is 87.8 Å². The first-order valence-corrected chi connectivity index (χ1v) is 10.4. The van der Waals surface area contributed by atoms with Crippen LogP contribution in [-0.4, -0.2) is 25.3 Å². The number of fused-ring (bicyclic) bond motifs is 2. The van der Waals surface area contributed by atoms with Crippen LogP contribution in [0, 0.1) is 5.82 Å². The maximum atomic E-state index is 13.1. The molecule has 9 heteroatoms. The Morgan fingerprint density at radius 2 is 2.00 bits per heavy atom. The molecule has 5 aromatic rings. The highest BCUT2D eigenvalue weighted by Crippen LogP contribution is 2.24. The summed E-state index contributed by atoms with van der Waals surface area (Å²) in [5.74, 6) is -0.767. The summed E-state index contributed by atoms with van der Waals surface area (Å²) in [6, 6.07) is 13.0. The van der Waals surface area contributed by atoms with Crippen LogP contribution in [0.1, 0.15) is 29.0 Å². The second-order valence-corrected chi connectivity index (χ2v) is 8.01. The normalized spacial score (nSPS) is 12.3. The third-order valence-electron chi connectivity index (χ3n) is 5.06. The van der Waals surface area contributed by atoms with Crippen molar-refractivity contribution in [1.29, 1.82) is 0 Å². The van der Waals surface area contributed by atoms with Gasteiger partial charge in [-0.25, -0.2) is 19.2 Å². The van der Waals surface area contributed by atoms with Gasteiger partial charge in [0.15, 0.2) is 0 Å². The number of aromatic amines is 1. The zero-order chi connectivity index (χ0) is 21.5. The molecule has 0 spiro atoms. The summed E-state index contributed by atoms with van der Waals surface area (Å²) in [6.45, 7) is 1.79. The number of nitrogens with one attached hydrogen (secondary N) is 2. The van der Waals surface area contributed by atoms with E-state index in [1.807, 2.05) is 18.2 Å². The van der Waals surface area contributed by atoms with E-state index in [0.29, 0.717) is 11.3 Å². The second kappa shape index (κ2) is 7.44. The number of halogens is 1. The van der Waals surface area contributed by atoms with E-state index in [0.717, 1.165) is 21.3 Å². The van der Waals surface area contributed by atoms with Crippen molar-refractivity contribution in [3.8, 4) is 11.3 Å². The van der Waals surface area contributed by atoms with Crippen molar-refractivity contribution in [1.82, 2.24) is 24.7 Å². The minimum absolute atomic E-state index is 0.117. The van der Waals surface area contributed by atoms with E-state index >= 15 is 0 Å². The molecule has 0 radical (unpaired) electrons. The van der Waals surface area contributed by atoms with Crippen LogP contribution in [0.2, 0.25) is 0 Å². The Bertz CT molecular complexity index is 1490. The number of rotatable bonds is 4. The Labute approximate surface area is 179 Å². The average Bonchev–Trinajstić information content (AvgIpc) is 3.40. The number of imidazole rings is 1. The van der Waals surface area contributed by atoms with Crippen molar-refractivity contribution >= 4 is 33.1 Å². The Hall–Kier alpha value is -3.85. The molecule has 7 nitrogen and oxygen atoms in total. The van der Waals surface area contributed by atoms with E-state index < -0.39 is 11.6 Å². The summed E-state index contributed by atoms with van der Waals surface area (Å²) in [5, 5.41) is 2.82. The van der Waals surface area contributed by atoms with Gasteiger partial charge in [-0.3, -0.25) is 9.20 Å². The van der Waals surface area contributed by atoms with Crippen LogP contribution in [0.4, 0.5) is 4.39 Å². The molecule has 0 saturated heterocycles. The molecule has 0 aliphatic heterocycles. The minimum Gasteiger partial charge on any atom is -0.344 e. The Kier molecular flexibility index (Phi) is 4.59. The van der Waals surface area contributed by atoms with Crippen molar-refractivity contribution in [2.75, 3.05) is 0 Å². The van der Waals surface area contributed by atoms with Crippen LogP contribution < -0.4 is 11.0 Å². The molecule has 5 rings (SSSR count). The van der Waals surface area contributed by atoms with Gasteiger partial charge in [0.05, 0.1) is 27.5 Å². The number of carbonyl (C=O) groups is 1. The van der Waals surface area contributed by atoms with Gasteiger partial charge in [-0.15, -0.1) is 11.3 Å². The smallest absolute Gasteiger partial charge is 0.331 e. The van der Waals surface area contributed by atoms with Crippen LogP contribution in [-0.2, 0) is 0 Å². The molecule has 0 bridgehead atoms. The van der Waals surface area contributed by atoms with E-state index in [-0.39, 0.29) is 17.6 Å². The van der Waals surface area contributed by atoms with E-state index in [4.69, 9.17) is 0 Å². The number of hydrogen-bond donors (Lipinski definition) is 2. The number of amides is 1. The SMILES string of the molecule is CC(NC(=O)c1cn2c(=O)[nH]c(-c3ccc4scnc4c3)cc2n1)c1ccc(F)cc1. The number of benzene rings is 2. The van der Waals surface area contributed by atoms with E-state index in [9.17, 15) is 14.0 Å². The maximum Gasteiger partial charge on any atom is 0.331 e. The predicted molar refractivity (Wildman–Crippen MR) is 117 cm³/mol. The fourth-order valence-electron chi connectivity index (χ4n) is 3.40. The molecule has 2 aromatic carbocycles. The van der Waals surface area contributed by atoms with Gasteiger partial charge in [0.1, 0.15) is 17.2 Å². The number of hydrogen-bond acceptors (Lipinski definition) is 5. The summed E-state index contributed by atoms with van der Waals surface area (Å²) >= 11 is 1.54. The van der Waals surface area contributed by atoms with E-state index in [2.05, 4.69) is 20.3 Å². The molecule has 3 aromatic heterocycles. The molecule has 1 atom stereocenters. The largest absolute Gasteiger partial charge is 0.344 e. The van der Waals surface area contributed by atoms with Crippen molar-refractivity contribution in [3.63, 3.8) is 0 Å². The molecule has 0 saturated carbocycles. The number of aromatic nitrogens is 4. The first-order valence-electron chi connectivity index (χ1n) is 9.50. The molecule has 0 aliphatic carbocycles. The fourth-order valence-corrected chi connectivity index (χ4v) is 4.05. The highest BCUT2D eigenvalue weighted by molar-refractivity contribution is 7.16. The lowest BCUT2D eigenvalue weighted by Gasteiger charge is -2.13. The summed E-state index contributed by atoms with van der Waals surface area (Å²) in [5.41, 5.74) is 4.85. The van der Waals surface area contributed by atoms with Crippen molar-refractivity contribution in [2.24, 2.45) is 0 Å². The average molecular weight is 433 g/mol. The number of thiazole rings is 1. The van der Waals surface area contributed by atoms with Crippen LogP contribution in [0.25, 0.3) is 27.1 Å². The molecular weight excluding hydrogens is 417 g/mol. The molecule has 1 unspecified atom stereocenters.